The highest BCUT2D eigenvalue weighted by molar-refractivity contribution is 7.17. The minimum Gasteiger partial charge on any atom is -0.491 e. The zero-order valence-electron chi connectivity index (χ0n) is 14.9. The van der Waals surface area contributed by atoms with Gasteiger partial charge in [-0.25, -0.2) is 4.98 Å². The van der Waals surface area contributed by atoms with Gasteiger partial charge in [-0.15, -0.1) is 11.3 Å². The topological polar surface area (TPSA) is 63.8 Å². The minimum atomic E-state index is -0.853. The lowest BCUT2D eigenvalue weighted by molar-refractivity contribution is -0.136. The molecule has 0 saturated carbocycles. The highest BCUT2D eigenvalue weighted by Gasteiger charge is 2.21. The second kappa shape index (κ2) is 6.88. The van der Waals surface area contributed by atoms with Gasteiger partial charge < -0.3 is 9.84 Å². The minimum absolute atomic E-state index is 0.0517. The lowest BCUT2D eigenvalue weighted by Crippen LogP contribution is -2.07. The molecular formula is C19H22N2O3S. The molecule has 0 aliphatic carbocycles. The van der Waals surface area contributed by atoms with Crippen LogP contribution in [0.4, 0.5) is 0 Å². The number of aliphatic carboxylic acids is 1. The number of ether oxygens (including phenoxy) is 1. The van der Waals surface area contributed by atoms with Crippen molar-refractivity contribution in [2.75, 3.05) is 0 Å². The van der Waals surface area contributed by atoms with Gasteiger partial charge in [0.1, 0.15) is 5.75 Å². The van der Waals surface area contributed by atoms with Crippen LogP contribution in [0, 0.1) is 6.92 Å². The molecule has 0 aliphatic rings. The monoisotopic (exact) mass is 358 g/mol. The van der Waals surface area contributed by atoms with Crippen LogP contribution >= 0.6 is 11.3 Å². The fraction of sp³-hybridized carbons (Fsp3) is 0.368. The number of thiazole rings is 1. The largest absolute Gasteiger partial charge is 0.491 e. The molecule has 1 aromatic carbocycles. The van der Waals surface area contributed by atoms with Gasteiger partial charge in [0.15, 0.2) is 4.96 Å². The maximum Gasteiger partial charge on any atom is 0.309 e. The van der Waals surface area contributed by atoms with Crippen LogP contribution in [0.5, 0.6) is 5.75 Å². The molecule has 0 spiro atoms. The van der Waals surface area contributed by atoms with Crippen molar-refractivity contribution in [3.8, 4) is 17.0 Å². The van der Waals surface area contributed by atoms with E-state index in [2.05, 4.69) is 13.8 Å². The highest BCUT2D eigenvalue weighted by atomic mass is 32.1. The molecule has 6 heteroatoms. The SMILES string of the molecule is CCc1c(C)sc2nc(-c3ccc(OC(C)C)cc3)c(CC(=O)O)n12. The second-order valence-corrected chi connectivity index (χ2v) is 7.43. The van der Waals surface area contributed by atoms with Crippen molar-refractivity contribution in [1.29, 1.82) is 0 Å². The van der Waals surface area contributed by atoms with E-state index in [1.807, 2.05) is 42.5 Å². The third-order valence-corrected chi connectivity index (χ3v) is 5.01. The molecule has 0 fully saturated rings. The number of nitrogens with zero attached hydrogens (tertiary/aromatic N) is 2. The zero-order chi connectivity index (χ0) is 18.1. The molecule has 2 heterocycles. The van der Waals surface area contributed by atoms with Gasteiger partial charge in [0.05, 0.1) is 23.9 Å². The van der Waals surface area contributed by atoms with Crippen LogP contribution < -0.4 is 4.74 Å². The average molecular weight is 358 g/mol. The van der Waals surface area contributed by atoms with Crippen molar-refractivity contribution in [2.24, 2.45) is 0 Å². The number of carbonyl (C=O) groups is 1. The van der Waals surface area contributed by atoms with Crippen molar-refractivity contribution in [2.45, 2.75) is 46.6 Å². The molecular weight excluding hydrogens is 336 g/mol. The number of aromatic nitrogens is 2. The van der Waals surface area contributed by atoms with Crippen molar-refractivity contribution in [1.82, 2.24) is 9.38 Å². The van der Waals surface area contributed by atoms with E-state index >= 15 is 0 Å². The van der Waals surface area contributed by atoms with Crippen LogP contribution in [-0.2, 0) is 17.6 Å². The summed E-state index contributed by atoms with van der Waals surface area (Å²) in [5, 5.41) is 9.37. The third-order valence-electron chi connectivity index (χ3n) is 4.02. The predicted octanol–water partition coefficient (Wildman–Crippen LogP) is 4.35. The first-order valence-corrected chi connectivity index (χ1v) is 9.20. The van der Waals surface area contributed by atoms with Gasteiger partial charge in [-0.05, 0) is 51.5 Å². The van der Waals surface area contributed by atoms with Gasteiger partial charge in [0.2, 0.25) is 0 Å². The Hall–Kier alpha value is -2.34. The molecule has 0 atom stereocenters. The summed E-state index contributed by atoms with van der Waals surface area (Å²) in [6, 6.07) is 7.68. The number of carboxylic acids is 1. The van der Waals surface area contributed by atoms with Crippen LogP contribution in [-0.4, -0.2) is 26.6 Å². The summed E-state index contributed by atoms with van der Waals surface area (Å²) in [6.45, 7) is 8.10. The number of hydrogen-bond acceptors (Lipinski definition) is 4. The second-order valence-electron chi connectivity index (χ2n) is 6.25. The standard InChI is InChI=1S/C19H22N2O3S/c1-5-15-12(4)25-19-20-18(16(21(15)19)10-17(22)23)13-6-8-14(9-7-13)24-11(2)3/h6-9,11H,5,10H2,1-4H3,(H,22,23). The van der Waals surface area contributed by atoms with Gasteiger partial charge in [-0.3, -0.25) is 9.20 Å². The third kappa shape index (κ3) is 3.39. The number of hydrogen-bond donors (Lipinski definition) is 1. The van der Waals surface area contributed by atoms with E-state index in [9.17, 15) is 9.90 Å². The summed E-state index contributed by atoms with van der Waals surface area (Å²) in [7, 11) is 0. The Labute approximate surface area is 150 Å². The van der Waals surface area contributed by atoms with E-state index in [4.69, 9.17) is 9.72 Å². The summed E-state index contributed by atoms with van der Waals surface area (Å²) in [4.78, 5) is 18.2. The van der Waals surface area contributed by atoms with Gasteiger partial charge in [0.25, 0.3) is 0 Å². The fourth-order valence-corrected chi connectivity index (χ4v) is 4.12. The Bertz CT molecular complexity index is 907. The van der Waals surface area contributed by atoms with Gasteiger partial charge in [0, 0.05) is 16.1 Å². The van der Waals surface area contributed by atoms with E-state index in [0.29, 0.717) is 0 Å². The Morgan fingerprint density at radius 2 is 1.96 bits per heavy atom. The molecule has 1 N–H and O–H groups in total. The molecule has 132 valence electrons. The van der Waals surface area contributed by atoms with Crippen LogP contribution in [0.1, 0.15) is 37.0 Å². The van der Waals surface area contributed by atoms with Crippen molar-refractivity contribution in [3.05, 3.63) is 40.5 Å². The Morgan fingerprint density at radius 1 is 1.28 bits per heavy atom. The number of aryl methyl sites for hydroxylation is 2. The smallest absolute Gasteiger partial charge is 0.309 e. The molecule has 0 radical (unpaired) electrons. The molecule has 5 nitrogen and oxygen atoms in total. The van der Waals surface area contributed by atoms with Crippen LogP contribution in [0.15, 0.2) is 24.3 Å². The van der Waals surface area contributed by atoms with Crippen molar-refractivity contribution in [3.63, 3.8) is 0 Å². The lowest BCUT2D eigenvalue weighted by Gasteiger charge is -2.10. The average Bonchev–Trinajstić information content (AvgIpc) is 3.02. The van der Waals surface area contributed by atoms with Gasteiger partial charge in [-0.1, -0.05) is 6.92 Å². The molecule has 0 unspecified atom stereocenters. The first-order chi connectivity index (χ1) is 11.9. The Kier molecular flexibility index (Phi) is 4.81. The van der Waals surface area contributed by atoms with Gasteiger partial charge in [-0.2, -0.15) is 0 Å². The molecule has 3 aromatic rings. The highest BCUT2D eigenvalue weighted by Crippen LogP contribution is 2.32. The first-order valence-electron chi connectivity index (χ1n) is 8.39. The summed E-state index contributed by atoms with van der Waals surface area (Å²) >= 11 is 1.61. The molecule has 0 amide bonds. The molecule has 0 saturated heterocycles. The van der Waals surface area contributed by atoms with E-state index in [0.717, 1.165) is 39.8 Å². The van der Waals surface area contributed by atoms with Crippen LogP contribution in [0.25, 0.3) is 16.2 Å². The van der Waals surface area contributed by atoms with E-state index in [-0.39, 0.29) is 12.5 Å². The number of benzene rings is 1. The molecule has 0 aliphatic heterocycles. The predicted molar refractivity (Wildman–Crippen MR) is 99.7 cm³/mol. The Balaban J connectivity index is 2.11. The van der Waals surface area contributed by atoms with Crippen molar-refractivity contribution >= 4 is 22.3 Å². The van der Waals surface area contributed by atoms with E-state index in [1.54, 1.807) is 11.3 Å². The molecule has 3 rings (SSSR count). The zero-order valence-corrected chi connectivity index (χ0v) is 15.7. The summed E-state index contributed by atoms with van der Waals surface area (Å²) < 4.78 is 7.69. The quantitative estimate of drug-likeness (QED) is 0.711. The number of fused-ring (bicyclic) bond motifs is 1. The summed E-state index contributed by atoms with van der Waals surface area (Å²) in [5.74, 6) is -0.0571. The maximum atomic E-state index is 11.4. The van der Waals surface area contributed by atoms with Gasteiger partial charge >= 0.3 is 5.97 Å². The number of rotatable bonds is 6. The number of imidazole rings is 1. The maximum absolute atomic E-state index is 11.4. The summed E-state index contributed by atoms with van der Waals surface area (Å²) in [5.41, 5.74) is 3.51. The van der Waals surface area contributed by atoms with Crippen LogP contribution in [0.2, 0.25) is 0 Å². The normalized spacial score (nSPS) is 11.4. The van der Waals surface area contributed by atoms with E-state index < -0.39 is 5.97 Å². The van der Waals surface area contributed by atoms with E-state index in [1.165, 1.54) is 4.88 Å². The first kappa shape index (κ1) is 17.5. The lowest BCUT2D eigenvalue weighted by atomic mass is 10.1. The molecule has 25 heavy (non-hydrogen) atoms. The fourth-order valence-electron chi connectivity index (χ4n) is 3.04. The number of carboxylic acid groups (broad SMARTS) is 1. The molecule has 0 bridgehead atoms. The van der Waals surface area contributed by atoms with Crippen LogP contribution in [0.3, 0.4) is 0 Å². The summed E-state index contributed by atoms with van der Waals surface area (Å²) in [6.07, 6.45) is 0.903. The van der Waals surface area contributed by atoms with Crippen molar-refractivity contribution < 1.29 is 14.6 Å². The molecule has 2 aromatic heterocycles. The Morgan fingerprint density at radius 3 is 2.52 bits per heavy atom.